The highest BCUT2D eigenvalue weighted by Gasteiger charge is 2.45. The van der Waals surface area contributed by atoms with Crippen molar-refractivity contribution in [3.63, 3.8) is 0 Å². The standard InChI is InChI=1S/C22H40/c1-10-12-16(5)18(7)20-13-14-21(20)22(9,11-2)19(8)17(6)15(3)4/h15,20-21H,10-14H2,1-9H3. The Bertz CT molecular complexity index is 435. The molecule has 0 aromatic carbocycles. The molecule has 0 amide bonds. The van der Waals surface area contributed by atoms with Gasteiger partial charge in [-0.25, -0.2) is 0 Å². The summed E-state index contributed by atoms with van der Waals surface area (Å²) in [4.78, 5) is 0. The molecule has 0 aromatic heterocycles. The van der Waals surface area contributed by atoms with Crippen molar-refractivity contribution in [3.8, 4) is 0 Å². The van der Waals surface area contributed by atoms with Gasteiger partial charge in [0.05, 0.1) is 0 Å². The monoisotopic (exact) mass is 304 g/mol. The Hall–Kier alpha value is -0.520. The maximum Gasteiger partial charge on any atom is -0.00851 e. The molecule has 0 nitrogen and oxygen atoms in total. The van der Waals surface area contributed by atoms with Gasteiger partial charge in [0.2, 0.25) is 0 Å². The van der Waals surface area contributed by atoms with Gasteiger partial charge in [-0.05, 0) is 76.5 Å². The van der Waals surface area contributed by atoms with Crippen LogP contribution in [0.3, 0.4) is 0 Å². The van der Waals surface area contributed by atoms with Gasteiger partial charge in [0.1, 0.15) is 0 Å². The van der Waals surface area contributed by atoms with Crippen molar-refractivity contribution >= 4 is 0 Å². The Morgan fingerprint density at radius 3 is 2.00 bits per heavy atom. The van der Waals surface area contributed by atoms with E-state index in [2.05, 4.69) is 62.3 Å². The molecule has 1 aliphatic rings. The predicted molar refractivity (Wildman–Crippen MR) is 101 cm³/mol. The van der Waals surface area contributed by atoms with Crippen molar-refractivity contribution in [2.75, 3.05) is 0 Å². The van der Waals surface area contributed by atoms with Gasteiger partial charge in [-0.2, -0.15) is 0 Å². The van der Waals surface area contributed by atoms with Crippen molar-refractivity contribution in [3.05, 3.63) is 22.3 Å². The largest absolute Gasteiger partial charge is 0.0741 e. The van der Waals surface area contributed by atoms with Crippen LogP contribution in [0.1, 0.15) is 94.4 Å². The van der Waals surface area contributed by atoms with Gasteiger partial charge in [-0.3, -0.25) is 0 Å². The molecule has 0 spiro atoms. The summed E-state index contributed by atoms with van der Waals surface area (Å²) in [5.74, 6) is 2.34. The Balaban J connectivity index is 3.11. The second kappa shape index (κ2) is 7.84. The van der Waals surface area contributed by atoms with Crippen molar-refractivity contribution in [2.45, 2.75) is 94.4 Å². The molecule has 1 saturated carbocycles. The van der Waals surface area contributed by atoms with Crippen molar-refractivity contribution in [1.29, 1.82) is 0 Å². The van der Waals surface area contributed by atoms with Gasteiger partial charge < -0.3 is 0 Å². The second-order valence-corrected chi connectivity index (χ2v) is 8.24. The molecule has 0 N–H and O–H groups in total. The molecule has 0 aliphatic heterocycles. The van der Waals surface area contributed by atoms with Crippen molar-refractivity contribution in [1.82, 2.24) is 0 Å². The first-order chi connectivity index (χ1) is 10.2. The number of allylic oxidation sites excluding steroid dienone is 4. The number of rotatable bonds is 7. The maximum absolute atomic E-state index is 2.54. The van der Waals surface area contributed by atoms with Crippen LogP contribution in [0.25, 0.3) is 0 Å². The predicted octanol–water partition coefficient (Wildman–Crippen LogP) is 7.56. The van der Waals surface area contributed by atoms with Crippen LogP contribution in [0.5, 0.6) is 0 Å². The van der Waals surface area contributed by atoms with Gasteiger partial charge in [-0.15, -0.1) is 0 Å². The van der Waals surface area contributed by atoms with E-state index in [4.69, 9.17) is 0 Å². The average Bonchev–Trinajstić information content (AvgIpc) is 2.44. The molecule has 0 bridgehead atoms. The van der Waals surface area contributed by atoms with Gasteiger partial charge >= 0.3 is 0 Å². The van der Waals surface area contributed by atoms with E-state index in [1.807, 2.05) is 0 Å². The Morgan fingerprint density at radius 1 is 1.05 bits per heavy atom. The molecule has 0 saturated heterocycles. The number of hydrogen-bond acceptors (Lipinski definition) is 0. The fourth-order valence-electron chi connectivity index (χ4n) is 4.36. The molecule has 0 aromatic rings. The summed E-state index contributed by atoms with van der Waals surface area (Å²) in [6, 6.07) is 0. The molecule has 0 radical (unpaired) electrons. The average molecular weight is 305 g/mol. The van der Waals surface area contributed by atoms with Crippen LogP contribution in [-0.2, 0) is 0 Å². The summed E-state index contributed by atoms with van der Waals surface area (Å²) in [5, 5.41) is 0. The van der Waals surface area contributed by atoms with Crippen LogP contribution < -0.4 is 0 Å². The van der Waals surface area contributed by atoms with E-state index in [0.29, 0.717) is 11.3 Å². The third kappa shape index (κ3) is 3.69. The molecule has 128 valence electrons. The fraction of sp³-hybridized carbons (Fsp3) is 0.818. The smallest absolute Gasteiger partial charge is 0.00851 e. The molecular weight excluding hydrogens is 264 g/mol. The zero-order valence-electron chi connectivity index (χ0n) is 16.8. The molecule has 22 heavy (non-hydrogen) atoms. The highest BCUT2D eigenvalue weighted by molar-refractivity contribution is 5.26. The molecular formula is C22H40. The van der Waals surface area contributed by atoms with E-state index in [0.717, 1.165) is 11.8 Å². The first-order valence-corrected chi connectivity index (χ1v) is 9.54. The molecule has 0 heterocycles. The van der Waals surface area contributed by atoms with E-state index in [1.165, 1.54) is 32.1 Å². The van der Waals surface area contributed by atoms with Crippen molar-refractivity contribution in [2.24, 2.45) is 23.2 Å². The van der Waals surface area contributed by atoms with E-state index in [1.54, 1.807) is 22.3 Å². The lowest BCUT2D eigenvalue weighted by Crippen LogP contribution is -2.41. The minimum atomic E-state index is 0.380. The molecule has 3 atom stereocenters. The van der Waals surface area contributed by atoms with Gasteiger partial charge in [0.15, 0.2) is 0 Å². The first-order valence-electron chi connectivity index (χ1n) is 9.54. The summed E-state index contributed by atoms with van der Waals surface area (Å²) in [6.07, 6.45) is 6.63. The van der Waals surface area contributed by atoms with E-state index >= 15 is 0 Å². The zero-order chi connectivity index (χ0) is 17.1. The van der Waals surface area contributed by atoms with Crippen LogP contribution in [0.15, 0.2) is 22.3 Å². The SMILES string of the molecule is CCCC(C)=C(C)C1CCC1C(C)(CC)C(C)=C(C)C(C)C. The third-order valence-corrected chi connectivity index (χ3v) is 7.00. The normalized spacial score (nSPS) is 27.0. The Labute approximate surface area is 140 Å². The summed E-state index contributed by atoms with van der Waals surface area (Å²) < 4.78 is 0. The molecule has 1 aliphatic carbocycles. The maximum atomic E-state index is 2.54. The van der Waals surface area contributed by atoms with Crippen LogP contribution >= 0.6 is 0 Å². The van der Waals surface area contributed by atoms with Crippen molar-refractivity contribution < 1.29 is 0 Å². The van der Waals surface area contributed by atoms with Gasteiger partial charge in [0, 0.05) is 0 Å². The lowest BCUT2D eigenvalue weighted by molar-refractivity contribution is 0.0731. The first kappa shape index (κ1) is 19.5. The van der Waals surface area contributed by atoms with Gasteiger partial charge in [-0.1, -0.05) is 63.3 Å². The van der Waals surface area contributed by atoms with Gasteiger partial charge in [0.25, 0.3) is 0 Å². The lowest BCUT2D eigenvalue weighted by Gasteiger charge is -2.51. The minimum absolute atomic E-state index is 0.380. The quantitative estimate of drug-likeness (QED) is 0.426. The molecule has 0 heteroatoms. The molecule has 1 rings (SSSR count). The molecule has 3 unspecified atom stereocenters. The minimum Gasteiger partial charge on any atom is -0.0741 e. The fourth-order valence-corrected chi connectivity index (χ4v) is 4.36. The highest BCUT2D eigenvalue weighted by Crippen LogP contribution is 2.55. The molecule has 1 fully saturated rings. The topological polar surface area (TPSA) is 0 Å². The summed E-state index contributed by atoms with van der Waals surface area (Å²) in [7, 11) is 0. The van der Waals surface area contributed by atoms with E-state index in [-0.39, 0.29) is 0 Å². The second-order valence-electron chi connectivity index (χ2n) is 8.24. The van der Waals surface area contributed by atoms with Crippen LogP contribution in [0.2, 0.25) is 0 Å². The Kier molecular flexibility index (Phi) is 6.96. The summed E-state index contributed by atoms with van der Waals surface area (Å²) in [5.41, 5.74) is 7.01. The lowest BCUT2D eigenvalue weighted by atomic mass is 9.54. The third-order valence-electron chi connectivity index (χ3n) is 7.00. The summed E-state index contributed by atoms with van der Waals surface area (Å²) in [6.45, 7) is 21.4. The highest BCUT2D eigenvalue weighted by atomic mass is 14.5. The van der Waals surface area contributed by atoms with E-state index < -0.39 is 0 Å². The van der Waals surface area contributed by atoms with Crippen LogP contribution in [0.4, 0.5) is 0 Å². The Morgan fingerprint density at radius 2 is 1.64 bits per heavy atom. The van der Waals surface area contributed by atoms with Crippen LogP contribution in [-0.4, -0.2) is 0 Å². The zero-order valence-corrected chi connectivity index (χ0v) is 16.8. The summed E-state index contributed by atoms with van der Waals surface area (Å²) >= 11 is 0. The van der Waals surface area contributed by atoms with E-state index in [9.17, 15) is 0 Å². The number of hydrogen-bond donors (Lipinski definition) is 0. The van der Waals surface area contributed by atoms with Crippen LogP contribution in [0, 0.1) is 23.2 Å².